The summed E-state index contributed by atoms with van der Waals surface area (Å²) in [7, 11) is -2.56. The molecule has 0 bridgehead atoms. The topological polar surface area (TPSA) is 81.8 Å². The fourth-order valence-corrected chi connectivity index (χ4v) is 4.69. The zero-order valence-corrected chi connectivity index (χ0v) is 19.4. The van der Waals surface area contributed by atoms with Crippen LogP contribution in [0.4, 0.5) is 18.9 Å². The number of fused-ring (bicyclic) bond motifs is 1. The van der Waals surface area contributed by atoms with E-state index in [2.05, 4.69) is 15.0 Å². The molecule has 0 fully saturated rings. The molecule has 4 aromatic rings. The van der Waals surface area contributed by atoms with Crippen LogP contribution in [0.1, 0.15) is 29.7 Å². The smallest absolute Gasteiger partial charge is 0.151 e. The van der Waals surface area contributed by atoms with Crippen molar-refractivity contribution in [3.8, 4) is 11.3 Å². The highest BCUT2D eigenvalue weighted by molar-refractivity contribution is 7.69. The average Bonchev–Trinajstić information content (AvgIpc) is 2.74. The Balaban J connectivity index is 1.88. The van der Waals surface area contributed by atoms with Crippen molar-refractivity contribution in [3.63, 3.8) is 0 Å². The molecule has 0 saturated carbocycles. The highest BCUT2D eigenvalue weighted by Gasteiger charge is 2.23. The monoisotopic (exact) mass is 470 g/mol. The summed E-state index contributed by atoms with van der Waals surface area (Å²) in [5.41, 5.74) is 9.06. The summed E-state index contributed by atoms with van der Waals surface area (Å²) in [6.45, 7) is 6.58. The molecule has 5 nitrogen and oxygen atoms in total. The molecule has 9 heteroatoms. The number of rotatable bonds is 4. The van der Waals surface area contributed by atoms with Crippen LogP contribution in [-0.4, -0.2) is 28.3 Å². The zero-order chi connectivity index (χ0) is 24.1. The number of anilines is 1. The first-order valence-corrected chi connectivity index (χ1v) is 12.8. The van der Waals surface area contributed by atoms with Gasteiger partial charge in [-0.2, -0.15) is 0 Å². The van der Waals surface area contributed by atoms with E-state index in [-0.39, 0.29) is 28.0 Å². The van der Waals surface area contributed by atoms with Crippen molar-refractivity contribution in [2.45, 2.75) is 19.8 Å². The van der Waals surface area contributed by atoms with Gasteiger partial charge >= 0.3 is 0 Å². The number of benzene rings is 1. The Morgan fingerprint density at radius 1 is 1.00 bits per heavy atom. The van der Waals surface area contributed by atoms with Gasteiger partial charge in [-0.3, -0.25) is 9.97 Å². The summed E-state index contributed by atoms with van der Waals surface area (Å²) < 4.78 is 55.3. The Morgan fingerprint density at radius 3 is 2.36 bits per heavy atom. The minimum atomic E-state index is -2.56. The molecule has 0 amide bonds. The van der Waals surface area contributed by atoms with Crippen LogP contribution in [0.15, 0.2) is 42.6 Å². The summed E-state index contributed by atoms with van der Waals surface area (Å²) in [6.07, 6.45) is 1.41. The van der Waals surface area contributed by atoms with Crippen LogP contribution in [0.2, 0.25) is 0 Å². The first-order valence-electron chi connectivity index (χ1n) is 10.2. The van der Waals surface area contributed by atoms with E-state index >= 15 is 0 Å². The maximum atomic E-state index is 14.9. The summed E-state index contributed by atoms with van der Waals surface area (Å²) >= 11 is 0. The number of aryl methyl sites for hydroxylation is 1. The largest absolute Gasteiger partial charge is 0.397 e. The predicted molar refractivity (Wildman–Crippen MR) is 125 cm³/mol. The fourth-order valence-electron chi connectivity index (χ4n) is 3.92. The average molecular weight is 470 g/mol. The molecule has 1 aromatic carbocycles. The molecule has 0 unspecified atom stereocenters. The van der Waals surface area contributed by atoms with Gasteiger partial charge in [0.2, 0.25) is 0 Å². The molecule has 0 aliphatic carbocycles. The Bertz CT molecular complexity index is 1430. The summed E-state index contributed by atoms with van der Waals surface area (Å²) in [4.78, 5) is 13.0. The van der Waals surface area contributed by atoms with Gasteiger partial charge in [-0.15, -0.1) is 0 Å². The number of aromatic nitrogens is 3. The first-order chi connectivity index (χ1) is 15.5. The number of halogens is 3. The van der Waals surface area contributed by atoms with E-state index in [9.17, 15) is 17.7 Å². The fraction of sp³-hybridized carbons (Fsp3) is 0.208. The van der Waals surface area contributed by atoms with Crippen LogP contribution >= 0.6 is 7.14 Å². The quantitative estimate of drug-likeness (QED) is 0.404. The molecule has 0 aliphatic heterocycles. The highest BCUT2D eigenvalue weighted by Crippen LogP contribution is 2.37. The predicted octanol–water partition coefficient (Wildman–Crippen LogP) is 5.40. The first kappa shape index (κ1) is 22.9. The van der Waals surface area contributed by atoms with Crippen LogP contribution in [0.3, 0.4) is 0 Å². The Kier molecular flexibility index (Phi) is 5.74. The van der Waals surface area contributed by atoms with Crippen molar-refractivity contribution >= 4 is 29.3 Å². The highest BCUT2D eigenvalue weighted by atomic mass is 31.2. The second kappa shape index (κ2) is 8.27. The van der Waals surface area contributed by atoms with E-state index in [0.717, 1.165) is 18.2 Å². The maximum absolute atomic E-state index is 14.9. The van der Waals surface area contributed by atoms with Crippen LogP contribution in [0.25, 0.3) is 22.3 Å². The van der Waals surface area contributed by atoms with Crippen LogP contribution in [0, 0.1) is 24.4 Å². The van der Waals surface area contributed by atoms with E-state index < -0.39 is 30.5 Å². The van der Waals surface area contributed by atoms with Crippen molar-refractivity contribution in [1.29, 1.82) is 0 Å². The van der Waals surface area contributed by atoms with Gasteiger partial charge in [0.05, 0.1) is 16.6 Å². The van der Waals surface area contributed by atoms with Crippen molar-refractivity contribution < 1.29 is 17.7 Å². The number of hydrogen-bond acceptors (Lipinski definition) is 5. The Hall–Kier alpha value is -3.25. The van der Waals surface area contributed by atoms with E-state index in [1.165, 1.54) is 12.3 Å². The van der Waals surface area contributed by atoms with Gasteiger partial charge in [-0.1, -0.05) is 6.92 Å². The Morgan fingerprint density at radius 2 is 1.73 bits per heavy atom. The molecule has 0 saturated heterocycles. The number of nitrogen functional groups attached to an aromatic ring is 1. The lowest BCUT2D eigenvalue weighted by Gasteiger charge is -2.19. The minimum absolute atomic E-state index is 0.0106. The lowest BCUT2D eigenvalue weighted by atomic mass is 9.90. The van der Waals surface area contributed by atoms with Crippen molar-refractivity contribution in [3.05, 3.63) is 76.9 Å². The van der Waals surface area contributed by atoms with E-state index in [1.54, 1.807) is 39.3 Å². The van der Waals surface area contributed by atoms with Crippen LogP contribution in [-0.2, 0) is 4.57 Å². The molecule has 0 spiro atoms. The third-order valence-electron chi connectivity index (χ3n) is 5.61. The summed E-state index contributed by atoms with van der Waals surface area (Å²) in [5, 5.41) is 0. The molecule has 2 N–H and O–H groups in total. The van der Waals surface area contributed by atoms with Gasteiger partial charge in [0.15, 0.2) is 5.82 Å². The van der Waals surface area contributed by atoms with Crippen LogP contribution in [0.5, 0.6) is 0 Å². The molecule has 3 aromatic heterocycles. The molecule has 0 radical (unpaired) electrons. The van der Waals surface area contributed by atoms with Gasteiger partial charge in [0, 0.05) is 35.0 Å². The van der Waals surface area contributed by atoms with E-state index in [1.807, 2.05) is 0 Å². The second-order valence-corrected chi connectivity index (χ2v) is 11.5. The van der Waals surface area contributed by atoms with Gasteiger partial charge in [0.1, 0.15) is 30.0 Å². The standard InChI is InChI=1S/C24H22F3N4OP/c1-12(16-9-15(25)6-7-17(16)26)21-13(2)30-19-10-18(27)23(31-24(19)22(21)28)14-5-8-20(29-11-14)33(3,4)32/h5-12H,1-4H3,(H2,28,30)/t12-/m1/s1. The number of pyridine rings is 3. The van der Waals surface area contributed by atoms with Crippen LogP contribution < -0.4 is 11.2 Å². The number of nitrogens with zero attached hydrogens (tertiary/aromatic N) is 3. The van der Waals surface area contributed by atoms with Crippen molar-refractivity contribution in [2.24, 2.45) is 0 Å². The normalized spacial score (nSPS) is 12.8. The number of nitrogens with two attached hydrogens (primary N) is 1. The molecule has 170 valence electrons. The third kappa shape index (κ3) is 4.23. The van der Waals surface area contributed by atoms with Crippen molar-refractivity contribution in [1.82, 2.24) is 15.0 Å². The molecule has 33 heavy (non-hydrogen) atoms. The second-order valence-electron chi connectivity index (χ2n) is 8.35. The SMILES string of the molecule is Cc1nc2cc(F)c(-c3ccc(P(C)(C)=O)nc3)nc2c(N)c1[C@H](C)c1cc(F)ccc1F. The van der Waals surface area contributed by atoms with Gasteiger partial charge < -0.3 is 10.3 Å². The summed E-state index contributed by atoms with van der Waals surface area (Å²) in [5.74, 6) is -2.36. The molecule has 4 rings (SSSR count). The molecular weight excluding hydrogens is 448 g/mol. The summed E-state index contributed by atoms with van der Waals surface area (Å²) in [6, 6.07) is 7.65. The maximum Gasteiger partial charge on any atom is 0.151 e. The number of hydrogen-bond donors (Lipinski definition) is 1. The van der Waals surface area contributed by atoms with E-state index in [4.69, 9.17) is 5.73 Å². The molecule has 3 heterocycles. The zero-order valence-electron chi connectivity index (χ0n) is 18.5. The molecule has 1 atom stereocenters. The van der Waals surface area contributed by atoms with E-state index in [0.29, 0.717) is 22.3 Å². The van der Waals surface area contributed by atoms with Crippen molar-refractivity contribution in [2.75, 3.05) is 19.1 Å². The molecule has 0 aliphatic rings. The third-order valence-corrected chi connectivity index (χ3v) is 6.98. The minimum Gasteiger partial charge on any atom is -0.397 e. The molecular formula is C24H22F3N4OP. The van der Waals surface area contributed by atoms with Gasteiger partial charge in [0.25, 0.3) is 0 Å². The lowest BCUT2D eigenvalue weighted by molar-refractivity contribution is 0.579. The lowest BCUT2D eigenvalue weighted by Crippen LogP contribution is -2.10. The Labute approximate surface area is 189 Å². The van der Waals surface area contributed by atoms with Gasteiger partial charge in [-0.25, -0.2) is 18.2 Å². The van der Waals surface area contributed by atoms with Gasteiger partial charge in [-0.05, 0) is 56.1 Å².